The zero-order valence-electron chi connectivity index (χ0n) is 20.7. The number of nitrogens with one attached hydrogen (secondary N) is 2. The Morgan fingerprint density at radius 1 is 1.19 bits per heavy atom. The minimum Gasteiger partial charge on any atom is -0.462 e. The number of ether oxygens (including phenoxy) is 1. The molecule has 1 aliphatic rings. The molecule has 4 rings (SSSR count). The average Bonchev–Trinajstić information content (AvgIpc) is 3.52. The number of fused-ring (bicyclic) bond motifs is 1. The summed E-state index contributed by atoms with van der Waals surface area (Å²) in [4.78, 5) is 53.4. The van der Waals surface area contributed by atoms with Crippen LogP contribution in [0.2, 0.25) is 0 Å². The summed E-state index contributed by atoms with van der Waals surface area (Å²) in [5.74, 6) is -0.952. The molecule has 3 aromatic rings. The van der Waals surface area contributed by atoms with Gasteiger partial charge in [0.2, 0.25) is 11.8 Å². The normalized spacial score (nSPS) is 13.4. The van der Waals surface area contributed by atoms with Crippen molar-refractivity contribution < 1.29 is 28.3 Å². The number of amides is 3. The van der Waals surface area contributed by atoms with Crippen LogP contribution in [0, 0.1) is 0 Å². The van der Waals surface area contributed by atoms with Crippen LogP contribution >= 0.6 is 23.1 Å². The number of esters is 1. The third kappa shape index (κ3) is 6.23. The molecule has 0 saturated heterocycles. The molecule has 194 valence electrons. The smallest absolute Gasteiger partial charge is 0.341 e. The van der Waals surface area contributed by atoms with Crippen molar-refractivity contribution >= 4 is 57.5 Å². The lowest BCUT2D eigenvalue weighted by atomic mass is 10.0. The number of hydrogen-bond acceptors (Lipinski definition) is 8. The van der Waals surface area contributed by atoms with E-state index in [9.17, 15) is 19.2 Å². The quantitative estimate of drug-likeness (QED) is 0.311. The Labute approximate surface area is 222 Å². The summed E-state index contributed by atoms with van der Waals surface area (Å²) in [6.07, 6.45) is 1.95. The van der Waals surface area contributed by atoms with Gasteiger partial charge in [0, 0.05) is 28.9 Å². The molecule has 0 saturated carbocycles. The Morgan fingerprint density at radius 2 is 2.00 bits per heavy atom. The number of hydrogen-bond donors (Lipinski definition) is 2. The molecular weight excluding hydrogens is 514 g/mol. The maximum Gasteiger partial charge on any atom is 0.341 e. The highest BCUT2D eigenvalue weighted by molar-refractivity contribution is 8.00. The van der Waals surface area contributed by atoms with Crippen molar-refractivity contribution in [2.45, 2.75) is 43.9 Å². The van der Waals surface area contributed by atoms with Gasteiger partial charge in [-0.3, -0.25) is 14.4 Å². The first-order valence-electron chi connectivity index (χ1n) is 11.8. The summed E-state index contributed by atoms with van der Waals surface area (Å²) >= 11 is 2.63. The third-order valence-electron chi connectivity index (χ3n) is 5.74. The maximum absolute atomic E-state index is 13.1. The summed E-state index contributed by atoms with van der Waals surface area (Å²) < 4.78 is 10.4. The van der Waals surface area contributed by atoms with Gasteiger partial charge in [-0.1, -0.05) is 6.07 Å². The fourth-order valence-electron chi connectivity index (χ4n) is 3.90. The molecule has 3 amide bonds. The number of carbonyl (C=O) groups is 4. The maximum atomic E-state index is 13.1. The Balaban J connectivity index is 1.47. The molecule has 3 heterocycles. The highest BCUT2D eigenvalue weighted by atomic mass is 32.2. The van der Waals surface area contributed by atoms with E-state index in [-0.39, 0.29) is 30.1 Å². The van der Waals surface area contributed by atoms with E-state index in [1.54, 1.807) is 49.1 Å². The zero-order valence-corrected chi connectivity index (χ0v) is 22.3. The minimum atomic E-state index is -0.501. The zero-order chi connectivity index (χ0) is 26.5. The molecule has 9 nitrogen and oxygen atoms in total. The number of benzene rings is 1. The number of nitrogens with zero attached hydrogens (tertiary/aromatic N) is 1. The minimum absolute atomic E-state index is 0.0325. The molecule has 2 aromatic heterocycles. The number of anilines is 2. The van der Waals surface area contributed by atoms with Gasteiger partial charge in [0.15, 0.2) is 5.76 Å². The summed E-state index contributed by atoms with van der Waals surface area (Å²) in [5, 5.41) is 5.62. The van der Waals surface area contributed by atoms with Crippen LogP contribution in [0.3, 0.4) is 0 Å². The second-order valence-electron chi connectivity index (χ2n) is 8.33. The second-order valence-corrected chi connectivity index (χ2v) is 10.8. The van der Waals surface area contributed by atoms with Crippen LogP contribution in [0.5, 0.6) is 0 Å². The highest BCUT2D eigenvalue weighted by Crippen LogP contribution is 2.38. The fraction of sp³-hybridized carbons (Fsp3) is 0.308. The van der Waals surface area contributed by atoms with Crippen LogP contribution in [-0.2, 0) is 27.3 Å². The number of thiophene rings is 1. The van der Waals surface area contributed by atoms with E-state index in [2.05, 4.69) is 10.6 Å². The van der Waals surface area contributed by atoms with Crippen LogP contribution in [0.15, 0.2) is 52.0 Å². The Bertz CT molecular complexity index is 1320. The molecule has 1 unspecified atom stereocenters. The lowest BCUT2D eigenvalue weighted by molar-refractivity contribution is -0.129. The first-order valence-corrected chi connectivity index (χ1v) is 13.5. The Kier molecular flexibility index (Phi) is 8.34. The van der Waals surface area contributed by atoms with Gasteiger partial charge < -0.3 is 24.7 Å². The van der Waals surface area contributed by atoms with Gasteiger partial charge in [-0.2, -0.15) is 0 Å². The molecule has 1 aromatic carbocycles. The third-order valence-corrected chi connectivity index (χ3v) is 7.96. The summed E-state index contributed by atoms with van der Waals surface area (Å²) in [6.45, 7) is 6.15. The number of furan rings is 1. The summed E-state index contributed by atoms with van der Waals surface area (Å²) in [6, 6.07) is 10.4. The van der Waals surface area contributed by atoms with Crippen molar-refractivity contribution in [2.75, 3.05) is 23.8 Å². The van der Waals surface area contributed by atoms with Crippen LogP contribution in [0.1, 0.15) is 52.1 Å². The van der Waals surface area contributed by atoms with Crippen molar-refractivity contribution in [1.82, 2.24) is 4.90 Å². The van der Waals surface area contributed by atoms with E-state index in [1.807, 2.05) is 6.07 Å². The fourth-order valence-corrected chi connectivity index (χ4v) is 6.08. The molecular formula is C26H27N3O6S2. The summed E-state index contributed by atoms with van der Waals surface area (Å²) in [7, 11) is 0. The van der Waals surface area contributed by atoms with Crippen molar-refractivity contribution in [3.05, 3.63) is 64.4 Å². The van der Waals surface area contributed by atoms with Gasteiger partial charge in [0.1, 0.15) is 5.00 Å². The van der Waals surface area contributed by atoms with Crippen molar-refractivity contribution in [3.8, 4) is 0 Å². The van der Waals surface area contributed by atoms with Crippen LogP contribution in [-0.4, -0.2) is 47.0 Å². The van der Waals surface area contributed by atoms with Crippen molar-refractivity contribution in [1.29, 1.82) is 0 Å². The molecule has 0 spiro atoms. The van der Waals surface area contributed by atoms with Gasteiger partial charge >= 0.3 is 5.97 Å². The van der Waals surface area contributed by atoms with Gasteiger partial charge in [-0.15, -0.1) is 23.1 Å². The molecule has 0 radical (unpaired) electrons. The number of rotatable bonds is 8. The molecule has 0 aliphatic carbocycles. The SMILES string of the molecule is CCOC(=O)c1c(NC(=O)C(C)Sc2cccc(NC(=O)c3ccco3)c2)sc2c1CCN(C(C)=O)C2. The monoisotopic (exact) mass is 541 g/mol. The lowest BCUT2D eigenvalue weighted by Crippen LogP contribution is -2.34. The molecule has 1 aliphatic heterocycles. The lowest BCUT2D eigenvalue weighted by Gasteiger charge is -2.25. The standard InChI is InChI=1S/C26H27N3O6S2/c1-4-34-26(33)22-19-10-11-29(16(3)30)14-21(19)37-25(22)28-23(31)15(2)36-18-8-5-7-17(13-18)27-24(32)20-9-6-12-35-20/h5-9,12-13,15H,4,10-11,14H2,1-3H3,(H,27,32)(H,28,31). The molecule has 1 atom stereocenters. The van der Waals surface area contributed by atoms with E-state index in [0.29, 0.717) is 35.8 Å². The van der Waals surface area contributed by atoms with Gasteiger partial charge in [-0.05, 0) is 56.2 Å². The van der Waals surface area contributed by atoms with Crippen LogP contribution in [0.25, 0.3) is 0 Å². The van der Waals surface area contributed by atoms with Crippen molar-refractivity contribution in [3.63, 3.8) is 0 Å². The molecule has 0 fully saturated rings. The molecule has 2 N–H and O–H groups in total. The number of carbonyl (C=O) groups excluding carboxylic acids is 4. The van der Waals surface area contributed by atoms with E-state index in [0.717, 1.165) is 15.3 Å². The topological polar surface area (TPSA) is 118 Å². The first-order chi connectivity index (χ1) is 17.8. The molecule has 37 heavy (non-hydrogen) atoms. The predicted octanol–water partition coefficient (Wildman–Crippen LogP) is 4.79. The van der Waals surface area contributed by atoms with Gasteiger partial charge in [-0.25, -0.2) is 4.79 Å². The van der Waals surface area contributed by atoms with Gasteiger partial charge in [0.25, 0.3) is 5.91 Å². The van der Waals surface area contributed by atoms with Crippen LogP contribution in [0.4, 0.5) is 10.7 Å². The van der Waals surface area contributed by atoms with E-state index in [4.69, 9.17) is 9.15 Å². The van der Waals surface area contributed by atoms with Gasteiger partial charge in [0.05, 0.1) is 30.2 Å². The predicted molar refractivity (Wildman–Crippen MR) is 142 cm³/mol. The summed E-state index contributed by atoms with van der Waals surface area (Å²) in [5.41, 5.74) is 1.78. The molecule has 0 bridgehead atoms. The highest BCUT2D eigenvalue weighted by Gasteiger charge is 2.31. The molecule has 11 heteroatoms. The largest absolute Gasteiger partial charge is 0.462 e. The van der Waals surface area contributed by atoms with Crippen molar-refractivity contribution in [2.24, 2.45) is 0 Å². The van der Waals surface area contributed by atoms with E-state index < -0.39 is 11.2 Å². The van der Waals surface area contributed by atoms with Crippen LogP contribution < -0.4 is 10.6 Å². The average molecular weight is 542 g/mol. The Morgan fingerprint density at radius 3 is 2.70 bits per heavy atom. The Hall–Kier alpha value is -3.57. The second kappa shape index (κ2) is 11.7. The van der Waals surface area contributed by atoms with E-state index in [1.165, 1.54) is 36.3 Å². The van der Waals surface area contributed by atoms with E-state index >= 15 is 0 Å². The number of thioether (sulfide) groups is 1. The first kappa shape index (κ1) is 26.5.